The van der Waals surface area contributed by atoms with Crippen molar-refractivity contribution in [3.05, 3.63) is 12.7 Å². The van der Waals surface area contributed by atoms with E-state index in [4.69, 9.17) is 10.5 Å². The average Bonchev–Trinajstić information content (AvgIpc) is 2.33. The quantitative estimate of drug-likeness (QED) is 0.549. The zero-order valence-electron chi connectivity index (χ0n) is 5.55. The molecular formula is C7H13NO. The number of rotatable bonds is 2. The van der Waals surface area contributed by atoms with Gasteiger partial charge in [-0.3, -0.25) is 0 Å². The van der Waals surface area contributed by atoms with Crippen LogP contribution in [0, 0.1) is 5.92 Å². The van der Waals surface area contributed by atoms with Crippen molar-refractivity contribution >= 4 is 0 Å². The molecule has 0 spiro atoms. The smallest absolute Gasteiger partial charge is 0.0794 e. The van der Waals surface area contributed by atoms with Gasteiger partial charge in [-0.1, -0.05) is 6.08 Å². The first-order valence-electron chi connectivity index (χ1n) is 3.32. The van der Waals surface area contributed by atoms with Gasteiger partial charge in [-0.25, -0.2) is 0 Å². The van der Waals surface area contributed by atoms with Gasteiger partial charge in [-0.15, -0.1) is 6.58 Å². The van der Waals surface area contributed by atoms with E-state index in [0.29, 0.717) is 5.92 Å². The maximum Gasteiger partial charge on any atom is 0.0794 e. The van der Waals surface area contributed by atoms with Gasteiger partial charge in [0, 0.05) is 12.5 Å². The molecule has 0 aromatic rings. The molecule has 0 amide bonds. The standard InChI is InChI=1S/C7H13NO/c1-2-7-6(5-8)3-4-9-7/h2,6-7H,1,3-5,8H2. The first kappa shape index (κ1) is 6.78. The fraction of sp³-hybridized carbons (Fsp3) is 0.714. The van der Waals surface area contributed by atoms with E-state index in [1.54, 1.807) is 0 Å². The largest absolute Gasteiger partial charge is 0.374 e. The van der Waals surface area contributed by atoms with Crippen molar-refractivity contribution < 1.29 is 4.74 Å². The topological polar surface area (TPSA) is 35.2 Å². The minimum absolute atomic E-state index is 0.218. The molecule has 1 aliphatic heterocycles. The molecule has 0 aromatic heterocycles. The summed E-state index contributed by atoms with van der Waals surface area (Å²) in [6.45, 7) is 5.23. The molecule has 2 heteroatoms. The zero-order valence-corrected chi connectivity index (χ0v) is 5.55. The monoisotopic (exact) mass is 127 g/mol. The van der Waals surface area contributed by atoms with Gasteiger partial charge in [0.2, 0.25) is 0 Å². The van der Waals surface area contributed by atoms with Crippen molar-refractivity contribution in [3.8, 4) is 0 Å². The molecule has 9 heavy (non-hydrogen) atoms. The first-order chi connectivity index (χ1) is 4.38. The second kappa shape index (κ2) is 2.99. The summed E-state index contributed by atoms with van der Waals surface area (Å²) in [5.41, 5.74) is 5.47. The Hall–Kier alpha value is -0.340. The van der Waals surface area contributed by atoms with Crippen LogP contribution in [0.1, 0.15) is 6.42 Å². The van der Waals surface area contributed by atoms with Gasteiger partial charge >= 0.3 is 0 Å². The average molecular weight is 127 g/mol. The van der Waals surface area contributed by atoms with Gasteiger partial charge in [0.25, 0.3) is 0 Å². The Bertz CT molecular complexity index is 103. The molecule has 1 heterocycles. The molecule has 0 aromatic carbocycles. The van der Waals surface area contributed by atoms with Crippen molar-refractivity contribution in [1.82, 2.24) is 0 Å². The van der Waals surface area contributed by atoms with Crippen molar-refractivity contribution in [1.29, 1.82) is 0 Å². The Kier molecular flexibility index (Phi) is 2.25. The summed E-state index contributed by atoms with van der Waals surface area (Å²) in [7, 11) is 0. The summed E-state index contributed by atoms with van der Waals surface area (Å²) < 4.78 is 5.31. The van der Waals surface area contributed by atoms with Crippen LogP contribution in [-0.2, 0) is 4.74 Å². The summed E-state index contributed by atoms with van der Waals surface area (Å²) in [5, 5.41) is 0. The third-order valence-corrected chi connectivity index (χ3v) is 1.80. The highest BCUT2D eigenvalue weighted by atomic mass is 16.5. The maximum atomic E-state index is 5.47. The Labute approximate surface area is 55.7 Å². The van der Waals surface area contributed by atoms with Gasteiger partial charge in [0.05, 0.1) is 6.10 Å². The van der Waals surface area contributed by atoms with Crippen LogP contribution in [0.3, 0.4) is 0 Å². The fourth-order valence-corrected chi connectivity index (χ4v) is 1.17. The van der Waals surface area contributed by atoms with Gasteiger partial charge in [-0.2, -0.15) is 0 Å². The second-order valence-corrected chi connectivity index (χ2v) is 2.36. The Morgan fingerprint density at radius 2 is 2.56 bits per heavy atom. The lowest BCUT2D eigenvalue weighted by Gasteiger charge is -2.10. The minimum Gasteiger partial charge on any atom is -0.374 e. The van der Waals surface area contributed by atoms with Crippen molar-refractivity contribution in [2.75, 3.05) is 13.2 Å². The summed E-state index contributed by atoms with van der Waals surface area (Å²) in [5.74, 6) is 0.516. The number of nitrogens with two attached hydrogens (primary N) is 1. The summed E-state index contributed by atoms with van der Waals surface area (Å²) in [4.78, 5) is 0. The predicted molar refractivity (Wildman–Crippen MR) is 37.1 cm³/mol. The highest BCUT2D eigenvalue weighted by molar-refractivity contribution is 4.89. The Balaban J connectivity index is 2.41. The van der Waals surface area contributed by atoms with E-state index in [1.807, 2.05) is 6.08 Å². The molecule has 2 atom stereocenters. The van der Waals surface area contributed by atoms with Crippen LogP contribution in [0.4, 0.5) is 0 Å². The van der Waals surface area contributed by atoms with E-state index in [1.165, 1.54) is 0 Å². The fourth-order valence-electron chi connectivity index (χ4n) is 1.17. The SMILES string of the molecule is C=CC1OCCC1CN. The highest BCUT2D eigenvalue weighted by Gasteiger charge is 2.23. The van der Waals surface area contributed by atoms with E-state index < -0.39 is 0 Å². The lowest BCUT2D eigenvalue weighted by Crippen LogP contribution is -2.21. The third-order valence-electron chi connectivity index (χ3n) is 1.80. The van der Waals surface area contributed by atoms with Crippen LogP contribution in [0.5, 0.6) is 0 Å². The van der Waals surface area contributed by atoms with Crippen LogP contribution in [-0.4, -0.2) is 19.3 Å². The summed E-state index contributed by atoms with van der Waals surface area (Å²) >= 11 is 0. The first-order valence-corrected chi connectivity index (χ1v) is 3.32. The molecule has 0 aliphatic carbocycles. The molecule has 1 aliphatic rings. The number of ether oxygens (including phenoxy) is 1. The van der Waals surface area contributed by atoms with Crippen molar-refractivity contribution in [3.63, 3.8) is 0 Å². The Morgan fingerprint density at radius 1 is 1.78 bits per heavy atom. The molecule has 1 saturated heterocycles. The lowest BCUT2D eigenvalue weighted by molar-refractivity contribution is 0.129. The highest BCUT2D eigenvalue weighted by Crippen LogP contribution is 2.19. The van der Waals surface area contributed by atoms with E-state index in [0.717, 1.165) is 19.6 Å². The maximum absolute atomic E-state index is 5.47. The molecular weight excluding hydrogens is 114 g/mol. The van der Waals surface area contributed by atoms with Gasteiger partial charge in [0.15, 0.2) is 0 Å². The zero-order chi connectivity index (χ0) is 6.69. The van der Waals surface area contributed by atoms with Crippen LogP contribution >= 0.6 is 0 Å². The van der Waals surface area contributed by atoms with E-state index in [9.17, 15) is 0 Å². The molecule has 2 unspecified atom stereocenters. The molecule has 0 radical (unpaired) electrons. The lowest BCUT2D eigenvalue weighted by atomic mass is 10.0. The van der Waals surface area contributed by atoms with Crippen molar-refractivity contribution in [2.45, 2.75) is 12.5 Å². The predicted octanol–water partition coefficient (Wildman–Crippen LogP) is 0.536. The molecule has 0 bridgehead atoms. The van der Waals surface area contributed by atoms with Crippen LogP contribution in [0.2, 0.25) is 0 Å². The number of hydrogen-bond acceptors (Lipinski definition) is 2. The van der Waals surface area contributed by atoms with Gasteiger partial charge in [0.1, 0.15) is 0 Å². The van der Waals surface area contributed by atoms with Crippen LogP contribution < -0.4 is 5.73 Å². The van der Waals surface area contributed by atoms with Gasteiger partial charge < -0.3 is 10.5 Å². The van der Waals surface area contributed by atoms with Crippen LogP contribution in [0.25, 0.3) is 0 Å². The second-order valence-electron chi connectivity index (χ2n) is 2.36. The Morgan fingerprint density at radius 3 is 3.00 bits per heavy atom. The molecule has 2 nitrogen and oxygen atoms in total. The number of hydrogen-bond donors (Lipinski definition) is 1. The summed E-state index contributed by atoms with van der Waals surface area (Å²) in [6, 6.07) is 0. The normalized spacial score (nSPS) is 34.8. The molecule has 52 valence electrons. The molecule has 1 rings (SSSR count). The van der Waals surface area contributed by atoms with Crippen LogP contribution in [0.15, 0.2) is 12.7 Å². The summed E-state index contributed by atoms with van der Waals surface area (Å²) in [6.07, 6.45) is 3.15. The van der Waals surface area contributed by atoms with E-state index >= 15 is 0 Å². The van der Waals surface area contributed by atoms with E-state index in [-0.39, 0.29) is 6.10 Å². The van der Waals surface area contributed by atoms with E-state index in [2.05, 4.69) is 6.58 Å². The molecule has 0 saturated carbocycles. The third kappa shape index (κ3) is 1.32. The molecule has 2 N–H and O–H groups in total. The minimum atomic E-state index is 0.218. The van der Waals surface area contributed by atoms with Crippen molar-refractivity contribution in [2.24, 2.45) is 11.7 Å². The molecule has 1 fully saturated rings. The van der Waals surface area contributed by atoms with Gasteiger partial charge in [-0.05, 0) is 13.0 Å².